The van der Waals surface area contributed by atoms with Crippen LogP contribution in [-0.4, -0.2) is 53.6 Å². The first-order valence-corrected chi connectivity index (χ1v) is 15.1. The number of aromatic nitrogens is 3. The van der Waals surface area contributed by atoms with E-state index < -0.39 is 21.3 Å². The summed E-state index contributed by atoms with van der Waals surface area (Å²) in [5, 5.41) is 9.51. The third-order valence-electron chi connectivity index (χ3n) is 7.13. The molecule has 9 nitrogen and oxygen atoms in total. The second-order valence-corrected chi connectivity index (χ2v) is 13.5. The lowest BCUT2D eigenvalue weighted by Crippen LogP contribution is -2.45. The Morgan fingerprint density at radius 1 is 1.17 bits per heavy atom. The maximum absolute atomic E-state index is 14.5. The molecule has 11 heteroatoms. The van der Waals surface area contributed by atoms with Crippen LogP contribution in [0.5, 0.6) is 11.5 Å². The Labute approximate surface area is 239 Å². The summed E-state index contributed by atoms with van der Waals surface area (Å²) in [6, 6.07) is 11.7. The molecule has 216 valence electrons. The SMILES string of the molecule is Cc1cc(CC(=O)Nc2cnn(C(C)(C)C)c2)ccc1Oc1ccnc2ccc(S(=O)(=O)C3CCNCC3F)cc12. The molecule has 0 spiro atoms. The molecule has 0 bridgehead atoms. The minimum absolute atomic E-state index is 0.0201. The predicted octanol–water partition coefficient (Wildman–Crippen LogP) is 4.94. The van der Waals surface area contributed by atoms with Crippen molar-refractivity contribution in [2.24, 2.45) is 0 Å². The molecule has 41 heavy (non-hydrogen) atoms. The molecule has 2 N–H and O–H groups in total. The summed E-state index contributed by atoms with van der Waals surface area (Å²) < 4.78 is 49.1. The van der Waals surface area contributed by atoms with Gasteiger partial charge in [0.15, 0.2) is 9.84 Å². The number of anilines is 1. The van der Waals surface area contributed by atoms with Crippen LogP contribution in [0.15, 0.2) is 66.0 Å². The molecular formula is C30H34FN5O4S. The highest BCUT2D eigenvalue weighted by Gasteiger charge is 2.37. The van der Waals surface area contributed by atoms with Crippen molar-refractivity contribution in [3.8, 4) is 11.5 Å². The lowest BCUT2D eigenvalue weighted by molar-refractivity contribution is -0.115. The van der Waals surface area contributed by atoms with Crippen LogP contribution in [0.1, 0.15) is 38.3 Å². The Balaban J connectivity index is 1.33. The normalized spacial score (nSPS) is 17.9. The molecular weight excluding hydrogens is 545 g/mol. The van der Waals surface area contributed by atoms with E-state index >= 15 is 0 Å². The molecule has 1 amide bonds. The van der Waals surface area contributed by atoms with Crippen LogP contribution in [0.4, 0.5) is 10.1 Å². The molecule has 1 aliphatic rings. The smallest absolute Gasteiger partial charge is 0.228 e. The van der Waals surface area contributed by atoms with E-state index in [1.807, 2.05) is 39.8 Å². The quantitative estimate of drug-likeness (QED) is 0.319. The number of hydrogen-bond acceptors (Lipinski definition) is 7. The summed E-state index contributed by atoms with van der Waals surface area (Å²) in [6.45, 7) is 8.44. The number of aryl methyl sites for hydroxylation is 1. The number of nitrogens with zero attached hydrogens (tertiary/aromatic N) is 3. The number of hydrogen-bond donors (Lipinski definition) is 2. The van der Waals surface area contributed by atoms with Crippen LogP contribution in [0.25, 0.3) is 10.9 Å². The van der Waals surface area contributed by atoms with Crippen LogP contribution in [0, 0.1) is 6.92 Å². The average Bonchev–Trinajstić information content (AvgIpc) is 3.39. The van der Waals surface area contributed by atoms with E-state index in [2.05, 4.69) is 20.7 Å². The van der Waals surface area contributed by atoms with Crippen molar-refractivity contribution in [3.05, 3.63) is 72.2 Å². The molecule has 2 aromatic carbocycles. The fraction of sp³-hybridized carbons (Fsp3) is 0.367. The molecule has 0 radical (unpaired) electrons. The molecule has 0 aliphatic carbocycles. The van der Waals surface area contributed by atoms with Gasteiger partial charge in [-0.3, -0.25) is 14.5 Å². The van der Waals surface area contributed by atoms with E-state index in [1.165, 1.54) is 12.1 Å². The largest absolute Gasteiger partial charge is 0.456 e. The first-order chi connectivity index (χ1) is 19.4. The molecule has 2 aromatic heterocycles. The maximum atomic E-state index is 14.5. The second-order valence-electron chi connectivity index (χ2n) is 11.4. The second kappa shape index (κ2) is 11.2. The number of rotatable bonds is 7. The zero-order valence-electron chi connectivity index (χ0n) is 23.5. The summed E-state index contributed by atoms with van der Waals surface area (Å²) >= 11 is 0. The van der Waals surface area contributed by atoms with Gasteiger partial charge in [0.2, 0.25) is 5.91 Å². The fourth-order valence-electron chi connectivity index (χ4n) is 4.89. The van der Waals surface area contributed by atoms with Crippen LogP contribution in [-0.2, 0) is 26.6 Å². The topological polar surface area (TPSA) is 115 Å². The van der Waals surface area contributed by atoms with Gasteiger partial charge in [-0.05, 0) is 82.1 Å². The number of piperidine rings is 1. The highest BCUT2D eigenvalue weighted by molar-refractivity contribution is 7.92. The number of amides is 1. The number of nitrogens with one attached hydrogen (secondary N) is 2. The Kier molecular flexibility index (Phi) is 7.85. The van der Waals surface area contributed by atoms with Gasteiger partial charge in [-0.15, -0.1) is 0 Å². The van der Waals surface area contributed by atoms with Gasteiger partial charge in [-0.25, -0.2) is 12.8 Å². The maximum Gasteiger partial charge on any atom is 0.228 e. The number of sulfone groups is 1. The highest BCUT2D eigenvalue weighted by Crippen LogP contribution is 2.34. The lowest BCUT2D eigenvalue weighted by Gasteiger charge is -2.26. The van der Waals surface area contributed by atoms with Gasteiger partial charge in [-0.2, -0.15) is 5.10 Å². The Hall–Kier alpha value is -3.83. The number of carbonyl (C=O) groups excluding carboxylic acids is 1. The first-order valence-electron chi connectivity index (χ1n) is 13.5. The fourth-order valence-corrected chi connectivity index (χ4v) is 6.69. The molecule has 5 rings (SSSR count). The van der Waals surface area contributed by atoms with Crippen molar-refractivity contribution in [2.75, 3.05) is 18.4 Å². The van der Waals surface area contributed by atoms with Crippen LogP contribution in [0.2, 0.25) is 0 Å². The van der Waals surface area contributed by atoms with Gasteiger partial charge in [0.25, 0.3) is 0 Å². The third kappa shape index (κ3) is 6.25. The van der Waals surface area contributed by atoms with Gasteiger partial charge < -0.3 is 15.4 Å². The summed E-state index contributed by atoms with van der Waals surface area (Å²) in [6.07, 6.45) is 3.93. The molecule has 2 unspecified atom stereocenters. The minimum atomic E-state index is -3.89. The van der Waals surface area contributed by atoms with Crippen molar-refractivity contribution in [1.82, 2.24) is 20.1 Å². The van der Waals surface area contributed by atoms with Crippen LogP contribution < -0.4 is 15.4 Å². The molecule has 1 aliphatic heterocycles. The first kappa shape index (κ1) is 28.7. The summed E-state index contributed by atoms with van der Waals surface area (Å²) in [4.78, 5) is 17.0. The van der Waals surface area contributed by atoms with E-state index in [0.29, 0.717) is 34.6 Å². The number of alkyl halides is 1. The number of halogens is 1. The third-order valence-corrected chi connectivity index (χ3v) is 9.37. The lowest BCUT2D eigenvalue weighted by atomic mass is 10.1. The minimum Gasteiger partial charge on any atom is -0.456 e. The summed E-state index contributed by atoms with van der Waals surface area (Å²) in [5.74, 6) is 0.826. The Morgan fingerprint density at radius 3 is 2.68 bits per heavy atom. The average molecular weight is 580 g/mol. The van der Waals surface area contributed by atoms with Gasteiger partial charge >= 0.3 is 0 Å². The standard InChI is InChI=1S/C30H34FN5O4S/c1-19-13-20(14-29(37)35-21-16-34-36(18-21)30(2,3)4)5-8-26(19)40-27-9-12-33-25-7-6-22(15-23(25)27)41(38,39)28-10-11-32-17-24(28)31/h5-9,12-13,15-16,18,24,28,32H,10-11,14,17H2,1-4H3,(H,35,37). The van der Waals surface area contributed by atoms with E-state index in [1.54, 1.807) is 41.5 Å². The van der Waals surface area contributed by atoms with Crippen molar-refractivity contribution < 1.29 is 22.3 Å². The number of carbonyl (C=O) groups is 1. The predicted molar refractivity (Wildman–Crippen MR) is 156 cm³/mol. The zero-order valence-corrected chi connectivity index (χ0v) is 24.3. The van der Waals surface area contributed by atoms with Crippen molar-refractivity contribution in [2.45, 2.75) is 62.4 Å². The molecule has 1 fully saturated rings. The molecule has 0 saturated carbocycles. The van der Waals surface area contributed by atoms with Gasteiger partial charge in [0.05, 0.1) is 39.5 Å². The monoisotopic (exact) mass is 579 g/mol. The Morgan fingerprint density at radius 2 is 1.98 bits per heavy atom. The highest BCUT2D eigenvalue weighted by atomic mass is 32.2. The number of ether oxygens (including phenoxy) is 1. The van der Waals surface area contributed by atoms with Crippen molar-refractivity contribution in [1.29, 1.82) is 0 Å². The number of pyridine rings is 1. The molecule has 1 saturated heterocycles. The van der Waals surface area contributed by atoms with Crippen LogP contribution >= 0.6 is 0 Å². The molecule has 2 atom stereocenters. The summed E-state index contributed by atoms with van der Waals surface area (Å²) in [5.41, 5.74) is 2.63. The number of benzene rings is 2. The van der Waals surface area contributed by atoms with Gasteiger partial charge in [0.1, 0.15) is 17.7 Å². The van der Waals surface area contributed by atoms with Crippen molar-refractivity contribution in [3.63, 3.8) is 0 Å². The molecule has 3 heterocycles. The zero-order chi connectivity index (χ0) is 29.4. The van der Waals surface area contributed by atoms with E-state index in [9.17, 15) is 17.6 Å². The van der Waals surface area contributed by atoms with Crippen LogP contribution in [0.3, 0.4) is 0 Å². The van der Waals surface area contributed by atoms with E-state index in [0.717, 1.165) is 11.1 Å². The van der Waals surface area contributed by atoms with Gasteiger partial charge in [0, 0.05) is 24.3 Å². The van der Waals surface area contributed by atoms with Crippen molar-refractivity contribution >= 4 is 32.3 Å². The molecule has 4 aromatic rings. The summed E-state index contributed by atoms with van der Waals surface area (Å²) in [7, 11) is -3.89. The Bertz CT molecular complexity index is 1700. The number of fused-ring (bicyclic) bond motifs is 1. The van der Waals surface area contributed by atoms with Gasteiger partial charge in [-0.1, -0.05) is 12.1 Å². The van der Waals surface area contributed by atoms with E-state index in [-0.39, 0.29) is 35.7 Å². The van der Waals surface area contributed by atoms with E-state index in [4.69, 9.17) is 4.74 Å².